The highest BCUT2D eigenvalue weighted by Gasteiger charge is 2.14. The van der Waals surface area contributed by atoms with Crippen molar-refractivity contribution in [2.45, 2.75) is 45.7 Å². The number of nitriles is 1. The van der Waals surface area contributed by atoms with Crippen LogP contribution in [0.3, 0.4) is 0 Å². The fourth-order valence-corrected chi connectivity index (χ4v) is 1.75. The third kappa shape index (κ3) is 4.59. The van der Waals surface area contributed by atoms with Crippen LogP contribution in [0.25, 0.3) is 0 Å². The summed E-state index contributed by atoms with van der Waals surface area (Å²) in [4.78, 5) is 2.27. The van der Waals surface area contributed by atoms with Gasteiger partial charge in [0.05, 0.1) is 6.07 Å². The minimum atomic E-state index is -0.0365. The number of hydrogen-bond acceptors (Lipinski definition) is 3. The highest BCUT2D eigenvalue weighted by atomic mass is 15.1. The molecule has 0 saturated carbocycles. The molecule has 3 nitrogen and oxygen atoms in total. The van der Waals surface area contributed by atoms with E-state index in [1.165, 1.54) is 0 Å². The molecule has 0 heterocycles. The highest BCUT2D eigenvalue weighted by molar-refractivity contribution is 4.92. The Morgan fingerprint density at radius 2 is 1.86 bits per heavy atom. The lowest BCUT2D eigenvalue weighted by atomic mass is 10.1. The first-order valence-electron chi connectivity index (χ1n) is 5.52. The van der Waals surface area contributed by atoms with Gasteiger partial charge in [-0.2, -0.15) is 5.26 Å². The van der Waals surface area contributed by atoms with Crippen LogP contribution in [0, 0.1) is 11.3 Å². The van der Waals surface area contributed by atoms with E-state index in [1.807, 2.05) is 6.92 Å². The molecule has 3 heteroatoms. The van der Waals surface area contributed by atoms with E-state index in [0.717, 1.165) is 25.9 Å². The average molecular weight is 197 g/mol. The molecule has 0 aromatic carbocycles. The normalized spacial score (nSPS) is 13.2. The van der Waals surface area contributed by atoms with Crippen LogP contribution in [-0.2, 0) is 0 Å². The number of nitrogens with zero attached hydrogens (tertiary/aromatic N) is 2. The molecule has 1 unspecified atom stereocenters. The zero-order valence-corrected chi connectivity index (χ0v) is 9.88. The summed E-state index contributed by atoms with van der Waals surface area (Å²) in [7, 11) is 2.10. The van der Waals surface area contributed by atoms with E-state index in [0.29, 0.717) is 6.04 Å². The van der Waals surface area contributed by atoms with Gasteiger partial charge in [-0.3, -0.25) is 0 Å². The molecule has 0 aliphatic rings. The van der Waals surface area contributed by atoms with E-state index in [4.69, 9.17) is 5.26 Å². The van der Waals surface area contributed by atoms with Gasteiger partial charge < -0.3 is 10.2 Å². The van der Waals surface area contributed by atoms with E-state index < -0.39 is 0 Å². The van der Waals surface area contributed by atoms with Gasteiger partial charge in [-0.25, -0.2) is 0 Å². The molecule has 82 valence electrons. The maximum Gasteiger partial charge on any atom is 0.108 e. The van der Waals surface area contributed by atoms with Crippen LogP contribution < -0.4 is 5.32 Å². The van der Waals surface area contributed by atoms with Crippen LogP contribution >= 0.6 is 0 Å². The second-order valence-corrected chi connectivity index (χ2v) is 3.65. The van der Waals surface area contributed by atoms with Crippen molar-refractivity contribution < 1.29 is 0 Å². The molecule has 0 aliphatic heterocycles. The molecule has 0 saturated heterocycles. The van der Waals surface area contributed by atoms with Gasteiger partial charge in [0, 0.05) is 12.6 Å². The Balaban J connectivity index is 4.00. The number of likely N-dealkylation sites (N-methyl/N-ethyl adjacent to an activating group) is 2. The second-order valence-electron chi connectivity index (χ2n) is 3.65. The van der Waals surface area contributed by atoms with Crippen molar-refractivity contribution in [3.05, 3.63) is 0 Å². The van der Waals surface area contributed by atoms with Crippen LogP contribution in [-0.4, -0.2) is 37.1 Å². The van der Waals surface area contributed by atoms with Crippen molar-refractivity contribution in [2.24, 2.45) is 0 Å². The molecule has 0 radical (unpaired) electrons. The standard InChI is InChI=1S/C11H23N3/c1-5-11(6-2)14(4)9-10(8-12)13-7-3/h10-11,13H,5-7,9H2,1-4H3. The molecule has 0 aliphatic carbocycles. The van der Waals surface area contributed by atoms with Gasteiger partial charge in [-0.05, 0) is 26.4 Å². The summed E-state index contributed by atoms with van der Waals surface area (Å²) in [5.41, 5.74) is 0. The van der Waals surface area contributed by atoms with Crippen molar-refractivity contribution in [1.29, 1.82) is 5.26 Å². The van der Waals surface area contributed by atoms with Crippen molar-refractivity contribution in [1.82, 2.24) is 10.2 Å². The van der Waals surface area contributed by atoms with Gasteiger partial charge in [0.1, 0.15) is 6.04 Å². The van der Waals surface area contributed by atoms with Crippen LogP contribution in [0.15, 0.2) is 0 Å². The minimum Gasteiger partial charge on any atom is -0.301 e. The Hall–Kier alpha value is -0.590. The summed E-state index contributed by atoms with van der Waals surface area (Å²) in [6.07, 6.45) is 2.30. The Morgan fingerprint density at radius 3 is 2.21 bits per heavy atom. The van der Waals surface area contributed by atoms with E-state index in [2.05, 4.69) is 37.2 Å². The third-order valence-corrected chi connectivity index (χ3v) is 2.64. The number of rotatable bonds is 7. The summed E-state index contributed by atoms with van der Waals surface area (Å²) < 4.78 is 0. The van der Waals surface area contributed by atoms with Gasteiger partial charge in [0.15, 0.2) is 0 Å². The zero-order valence-electron chi connectivity index (χ0n) is 9.88. The first-order chi connectivity index (χ1) is 6.69. The average Bonchev–Trinajstić information content (AvgIpc) is 2.19. The lowest BCUT2D eigenvalue weighted by Gasteiger charge is -2.27. The summed E-state index contributed by atoms with van der Waals surface area (Å²) in [6.45, 7) is 8.09. The molecular formula is C11H23N3. The van der Waals surface area contributed by atoms with Crippen LogP contribution in [0.5, 0.6) is 0 Å². The highest BCUT2D eigenvalue weighted by Crippen LogP contribution is 2.06. The molecule has 14 heavy (non-hydrogen) atoms. The third-order valence-electron chi connectivity index (χ3n) is 2.64. The molecule has 0 bridgehead atoms. The Morgan fingerprint density at radius 1 is 1.29 bits per heavy atom. The monoisotopic (exact) mass is 197 g/mol. The lowest BCUT2D eigenvalue weighted by molar-refractivity contribution is 0.218. The maximum absolute atomic E-state index is 8.89. The molecule has 0 amide bonds. The molecule has 0 aromatic heterocycles. The van der Waals surface area contributed by atoms with Gasteiger partial charge in [-0.1, -0.05) is 20.8 Å². The topological polar surface area (TPSA) is 39.1 Å². The summed E-state index contributed by atoms with van der Waals surface area (Å²) in [6, 6.07) is 2.85. The van der Waals surface area contributed by atoms with Gasteiger partial charge >= 0.3 is 0 Å². The van der Waals surface area contributed by atoms with Crippen LogP contribution in [0.4, 0.5) is 0 Å². The smallest absolute Gasteiger partial charge is 0.108 e. The molecule has 0 aromatic rings. The molecule has 1 atom stereocenters. The Labute approximate surface area is 88.1 Å². The summed E-state index contributed by atoms with van der Waals surface area (Å²) in [5.74, 6) is 0. The van der Waals surface area contributed by atoms with Crippen molar-refractivity contribution in [2.75, 3.05) is 20.1 Å². The quantitative estimate of drug-likeness (QED) is 0.674. The zero-order chi connectivity index (χ0) is 11.0. The SMILES string of the molecule is CCNC(C#N)CN(C)C(CC)CC. The summed E-state index contributed by atoms with van der Waals surface area (Å²) in [5, 5.41) is 12.1. The van der Waals surface area contributed by atoms with Crippen molar-refractivity contribution in [3.8, 4) is 6.07 Å². The number of hydrogen-bond donors (Lipinski definition) is 1. The van der Waals surface area contributed by atoms with Crippen LogP contribution in [0.2, 0.25) is 0 Å². The maximum atomic E-state index is 8.89. The molecular weight excluding hydrogens is 174 g/mol. The second kappa shape index (κ2) is 7.78. The largest absolute Gasteiger partial charge is 0.301 e. The fraction of sp³-hybridized carbons (Fsp3) is 0.909. The molecule has 0 rings (SSSR count). The fourth-order valence-electron chi connectivity index (χ4n) is 1.75. The van der Waals surface area contributed by atoms with Gasteiger partial charge in [0.2, 0.25) is 0 Å². The van der Waals surface area contributed by atoms with E-state index >= 15 is 0 Å². The predicted octanol–water partition coefficient (Wildman–Crippen LogP) is 1.61. The van der Waals surface area contributed by atoms with Crippen molar-refractivity contribution in [3.63, 3.8) is 0 Å². The van der Waals surface area contributed by atoms with Crippen LogP contribution in [0.1, 0.15) is 33.6 Å². The van der Waals surface area contributed by atoms with Gasteiger partial charge in [-0.15, -0.1) is 0 Å². The first kappa shape index (κ1) is 13.4. The minimum absolute atomic E-state index is 0.0365. The Bertz CT molecular complexity index is 170. The first-order valence-corrected chi connectivity index (χ1v) is 5.52. The van der Waals surface area contributed by atoms with Gasteiger partial charge in [0.25, 0.3) is 0 Å². The Kier molecular flexibility index (Phi) is 7.45. The van der Waals surface area contributed by atoms with E-state index in [9.17, 15) is 0 Å². The molecule has 1 N–H and O–H groups in total. The number of nitrogens with one attached hydrogen (secondary N) is 1. The van der Waals surface area contributed by atoms with E-state index in [-0.39, 0.29) is 6.04 Å². The lowest BCUT2D eigenvalue weighted by Crippen LogP contribution is -2.42. The summed E-state index contributed by atoms with van der Waals surface area (Å²) >= 11 is 0. The molecule has 0 fully saturated rings. The molecule has 0 spiro atoms. The predicted molar refractivity (Wildman–Crippen MR) is 60.1 cm³/mol. The van der Waals surface area contributed by atoms with E-state index in [1.54, 1.807) is 0 Å². The van der Waals surface area contributed by atoms with Crippen molar-refractivity contribution >= 4 is 0 Å².